The topological polar surface area (TPSA) is 80.5 Å². The van der Waals surface area contributed by atoms with E-state index in [0.29, 0.717) is 24.1 Å². The number of hydrogen-bond acceptors (Lipinski definition) is 4. The molecule has 0 saturated carbocycles. The van der Waals surface area contributed by atoms with Crippen LogP contribution in [0.4, 0.5) is 11.4 Å². The van der Waals surface area contributed by atoms with Gasteiger partial charge in [-0.2, -0.15) is 0 Å². The molecule has 0 spiro atoms. The summed E-state index contributed by atoms with van der Waals surface area (Å²) in [6.07, 6.45) is 0.962. The summed E-state index contributed by atoms with van der Waals surface area (Å²) in [5.74, 6) is -0.594. The average molecular weight is 440 g/mol. The van der Waals surface area contributed by atoms with E-state index in [1.54, 1.807) is 18.2 Å². The van der Waals surface area contributed by atoms with Gasteiger partial charge >= 0.3 is 0 Å². The van der Waals surface area contributed by atoms with Crippen molar-refractivity contribution in [3.63, 3.8) is 0 Å². The van der Waals surface area contributed by atoms with Crippen LogP contribution in [0.2, 0.25) is 0 Å². The summed E-state index contributed by atoms with van der Waals surface area (Å²) in [4.78, 5) is 39.9. The molecule has 0 N–H and O–H groups in total. The van der Waals surface area contributed by atoms with Crippen molar-refractivity contribution in [2.75, 3.05) is 4.90 Å². The zero-order valence-corrected chi connectivity index (χ0v) is 18.6. The van der Waals surface area contributed by atoms with Crippen LogP contribution in [-0.2, 0) is 9.59 Å². The van der Waals surface area contributed by atoms with Gasteiger partial charge in [0.2, 0.25) is 5.91 Å². The van der Waals surface area contributed by atoms with Crippen LogP contribution < -0.4 is 4.90 Å². The number of carbonyl (C=O) groups is 2. The van der Waals surface area contributed by atoms with Crippen molar-refractivity contribution in [2.24, 2.45) is 5.41 Å². The molecule has 1 aliphatic carbocycles. The molecular weight excluding hydrogens is 416 g/mol. The molecule has 0 bridgehead atoms. The molecule has 1 amide bonds. The molecule has 0 radical (unpaired) electrons. The number of amides is 1. The third-order valence-electron chi connectivity index (χ3n) is 6.66. The van der Waals surface area contributed by atoms with Crippen LogP contribution in [0.1, 0.15) is 44.6 Å². The van der Waals surface area contributed by atoms with Crippen molar-refractivity contribution in [3.05, 3.63) is 93.7 Å². The van der Waals surface area contributed by atoms with E-state index in [0.717, 1.165) is 16.3 Å². The highest BCUT2D eigenvalue weighted by molar-refractivity contribution is 6.09. The van der Waals surface area contributed by atoms with Gasteiger partial charge in [-0.1, -0.05) is 68.4 Å². The summed E-state index contributed by atoms with van der Waals surface area (Å²) in [6.45, 7) is 4.00. The van der Waals surface area contributed by atoms with Crippen molar-refractivity contribution < 1.29 is 14.5 Å². The lowest BCUT2D eigenvalue weighted by Gasteiger charge is -2.42. The molecule has 3 aromatic rings. The number of rotatable bonds is 3. The van der Waals surface area contributed by atoms with Crippen LogP contribution in [0.25, 0.3) is 10.8 Å². The van der Waals surface area contributed by atoms with E-state index in [-0.39, 0.29) is 40.8 Å². The molecule has 1 unspecified atom stereocenters. The first-order valence-electron chi connectivity index (χ1n) is 11.1. The van der Waals surface area contributed by atoms with Crippen molar-refractivity contribution >= 4 is 33.8 Å². The maximum Gasteiger partial charge on any atom is 0.293 e. The Labute approximate surface area is 191 Å². The van der Waals surface area contributed by atoms with Gasteiger partial charge in [-0.15, -0.1) is 0 Å². The Hall–Kier alpha value is -3.80. The molecule has 1 atom stereocenters. The lowest BCUT2D eigenvalue weighted by Crippen LogP contribution is -2.44. The number of Topliss-reactive ketones (excluding diaryl/α,β-unsaturated/α-hetero) is 1. The van der Waals surface area contributed by atoms with Gasteiger partial charge in [-0.05, 0) is 34.2 Å². The first-order chi connectivity index (χ1) is 15.8. The van der Waals surface area contributed by atoms with Gasteiger partial charge in [0.15, 0.2) is 5.78 Å². The second kappa shape index (κ2) is 7.66. The fourth-order valence-electron chi connectivity index (χ4n) is 5.32. The van der Waals surface area contributed by atoms with Gasteiger partial charge in [0.05, 0.1) is 4.92 Å². The number of allylic oxidation sites excluding steroid dienone is 2. The van der Waals surface area contributed by atoms with Gasteiger partial charge in [-0.25, -0.2) is 0 Å². The number of hydrogen-bond donors (Lipinski definition) is 0. The molecule has 0 saturated heterocycles. The Morgan fingerprint density at radius 3 is 2.42 bits per heavy atom. The van der Waals surface area contributed by atoms with Crippen LogP contribution in [0, 0.1) is 15.5 Å². The van der Waals surface area contributed by atoms with Crippen molar-refractivity contribution in [2.45, 2.75) is 39.0 Å². The largest absolute Gasteiger partial charge is 0.294 e. The second-order valence-electron chi connectivity index (χ2n) is 9.60. The molecule has 1 heterocycles. The number of fused-ring (bicyclic) bond motifs is 1. The quantitative estimate of drug-likeness (QED) is 0.374. The van der Waals surface area contributed by atoms with E-state index in [9.17, 15) is 19.7 Å². The van der Waals surface area contributed by atoms with Gasteiger partial charge in [0.25, 0.3) is 5.69 Å². The summed E-state index contributed by atoms with van der Waals surface area (Å²) < 4.78 is 0. The van der Waals surface area contributed by atoms with E-state index in [1.165, 1.54) is 11.0 Å². The predicted octanol–water partition coefficient (Wildman–Crippen LogP) is 5.91. The van der Waals surface area contributed by atoms with Crippen LogP contribution in [-0.4, -0.2) is 16.6 Å². The molecular formula is C27H24N2O4. The van der Waals surface area contributed by atoms with Gasteiger partial charge in [-0.3, -0.25) is 24.6 Å². The zero-order chi connectivity index (χ0) is 23.3. The average Bonchev–Trinajstić information content (AvgIpc) is 2.77. The maximum atomic E-state index is 13.6. The number of anilines is 1. The SMILES string of the molecule is CC1(C)CC(=O)C2=C(C1)N(c1ccccc1[N+](=O)[O-])C(=O)CC2c1cccc2ccccc12. The number of benzene rings is 3. The summed E-state index contributed by atoms with van der Waals surface area (Å²) in [5.41, 5.74) is 1.89. The third-order valence-corrected chi connectivity index (χ3v) is 6.66. The number of ketones is 1. The van der Waals surface area contributed by atoms with Crippen molar-refractivity contribution in [1.29, 1.82) is 0 Å². The summed E-state index contributed by atoms with van der Waals surface area (Å²) in [7, 11) is 0. The Balaban J connectivity index is 1.76. The molecule has 0 fully saturated rings. The zero-order valence-electron chi connectivity index (χ0n) is 18.6. The standard InChI is InChI=1S/C27H24N2O4/c1-27(2)15-23-26(24(30)16-27)20(19-11-7-9-17-8-3-4-10-18(17)19)14-25(31)28(23)21-12-5-6-13-22(21)29(32)33/h3-13,20H,14-16H2,1-2H3. The Bertz CT molecular complexity index is 1350. The monoisotopic (exact) mass is 440 g/mol. The smallest absolute Gasteiger partial charge is 0.293 e. The van der Waals surface area contributed by atoms with Crippen LogP contribution in [0.3, 0.4) is 0 Å². The predicted molar refractivity (Wildman–Crippen MR) is 127 cm³/mol. The minimum atomic E-state index is -0.477. The molecule has 2 aliphatic rings. The van der Waals surface area contributed by atoms with E-state index in [1.807, 2.05) is 56.3 Å². The molecule has 0 aromatic heterocycles. The molecule has 3 aromatic carbocycles. The number of carbonyl (C=O) groups excluding carboxylic acids is 2. The molecule has 5 rings (SSSR count). The highest BCUT2D eigenvalue weighted by Crippen LogP contribution is 2.50. The summed E-state index contributed by atoms with van der Waals surface area (Å²) in [5, 5.41) is 13.8. The van der Waals surface area contributed by atoms with E-state index < -0.39 is 4.92 Å². The Morgan fingerprint density at radius 1 is 0.939 bits per heavy atom. The molecule has 1 aliphatic heterocycles. The molecule has 6 heteroatoms. The van der Waals surface area contributed by atoms with Gasteiger partial charge < -0.3 is 0 Å². The summed E-state index contributed by atoms with van der Waals surface area (Å²) in [6, 6.07) is 20.2. The second-order valence-corrected chi connectivity index (χ2v) is 9.60. The number of nitro benzene ring substituents is 1. The normalized spacial score (nSPS) is 20.2. The van der Waals surface area contributed by atoms with Crippen LogP contribution in [0.15, 0.2) is 78.0 Å². The van der Waals surface area contributed by atoms with E-state index in [4.69, 9.17) is 0 Å². The Kier molecular flexibility index (Phi) is 4.89. The first-order valence-corrected chi connectivity index (χ1v) is 11.1. The highest BCUT2D eigenvalue weighted by atomic mass is 16.6. The fraction of sp³-hybridized carbons (Fsp3) is 0.259. The van der Waals surface area contributed by atoms with Crippen molar-refractivity contribution in [1.82, 2.24) is 0 Å². The van der Waals surface area contributed by atoms with E-state index in [2.05, 4.69) is 0 Å². The lowest BCUT2D eigenvalue weighted by atomic mass is 9.69. The van der Waals surface area contributed by atoms with Gasteiger partial charge in [0.1, 0.15) is 5.69 Å². The fourth-order valence-corrected chi connectivity index (χ4v) is 5.32. The molecule has 6 nitrogen and oxygen atoms in total. The number of nitrogens with zero attached hydrogens (tertiary/aromatic N) is 2. The van der Waals surface area contributed by atoms with E-state index >= 15 is 0 Å². The number of para-hydroxylation sites is 2. The lowest BCUT2D eigenvalue weighted by molar-refractivity contribution is -0.384. The number of nitro groups is 1. The van der Waals surface area contributed by atoms with Gasteiger partial charge in [0, 0.05) is 36.1 Å². The van der Waals surface area contributed by atoms with Crippen LogP contribution in [0.5, 0.6) is 0 Å². The van der Waals surface area contributed by atoms with Crippen LogP contribution >= 0.6 is 0 Å². The highest BCUT2D eigenvalue weighted by Gasteiger charge is 2.45. The van der Waals surface area contributed by atoms with Crippen molar-refractivity contribution in [3.8, 4) is 0 Å². The summed E-state index contributed by atoms with van der Waals surface area (Å²) >= 11 is 0. The minimum absolute atomic E-state index is 0.00951. The Morgan fingerprint density at radius 2 is 1.64 bits per heavy atom. The minimum Gasteiger partial charge on any atom is -0.294 e. The third kappa shape index (κ3) is 3.52. The first kappa shape index (κ1) is 21.1. The molecule has 33 heavy (non-hydrogen) atoms. The molecule has 166 valence electrons. The maximum absolute atomic E-state index is 13.6.